The quantitative estimate of drug-likeness (QED) is 0.479. The number of benzene rings is 2. The molecular formula is C23H30O3. The lowest BCUT2D eigenvalue weighted by atomic mass is 10.0. The van der Waals surface area contributed by atoms with Crippen molar-refractivity contribution in [3.05, 3.63) is 59.7 Å². The molecule has 0 atom stereocenters. The summed E-state index contributed by atoms with van der Waals surface area (Å²) in [6.07, 6.45) is 7.53. The van der Waals surface area contributed by atoms with Crippen LogP contribution in [0.25, 0.3) is 0 Å². The van der Waals surface area contributed by atoms with Crippen molar-refractivity contribution in [1.82, 2.24) is 0 Å². The van der Waals surface area contributed by atoms with Gasteiger partial charge in [-0.05, 0) is 73.9 Å². The topological polar surface area (TPSA) is 35.5 Å². The van der Waals surface area contributed by atoms with Gasteiger partial charge in [0.25, 0.3) is 0 Å². The van der Waals surface area contributed by atoms with E-state index >= 15 is 0 Å². The Labute approximate surface area is 157 Å². The van der Waals surface area contributed by atoms with Crippen molar-refractivity contribution in [3.63, 3.8) is 0 Å². The molecule has 0 unspecified atom stereocenters. The molecule has 0 N–H and O–H groups in total. The molecule has 2 aromatic rings. The second-order valence-electron chi connectivity index (χ2n) is 6.65. The van der Waals surface area contributed by atoms with Crippen LogP contribution < -0.4 is 9.47 Å². The summed E-state index contributed by atoms with van der Waals surface area (Å²) in [5, 5.41) is 0. The van der Waals surface area contributed by atoms with E-state index < -0.39 is 0 Å². The lowest BCUT2D eigenvalue weighted by Crippen LogP contribution is -1.99. The van der Waals surface area contributed by atoms with Crippen LogP contribution in [0.1, 0.15) is 49.7 Å². The molecule has 26 heavy (non-hydrogen) atoms. The number of hydrogen-bond acceptors (Lipinski definition) is 3. The third-order valence-electron chi connectivity index (χ3n) is 4.66. The van der Waals surface area contributed by atoms with Crippen molar-refractivity contribution in [2.45, 2.75) is 51.4 Å². The van der Waals surface area contributed by atoms with Gasteiger partial charge in [0.15, 0.2) is 0 Å². The molecular weight excluding hydrogens is 324 g/mol. The summed E-state index contributed by atoms with van der Waals surface area (Å²) in [6.45, 7) is 0. The van der Waals surface area contributed by atoms with Crippen LogP contribution in [0.2, 0.25) is 0 Å². The van der Waals surface area contributed by atoms with Crippen molar-refractivity contribution in [2.75, 3.05) is 14.2 Å². The molecule has 3 heteroatoms. The summed E-state index contributed by atoms with van der Waals surface area (Å²) < 4.78 is 10.3. The van der Waals surface area contributed by atoms with E-state index in [1.807, 2.05) is 24.3 Å². The van der Waals surface area contributed by atoms with E-state index in [1.54, 1.807) is 14.2 Å². The van der Waals surface area contributed by atoms with Crippen molar-refractivity contribution < 1.29 is 14.3 Å². The molecule has 0 spiro atoms. The van der Waals surface area contributed by atoms with Gasteiger partial charge in [-0.1, -0.05) is 24.3 Å². The number of Topliss-reactive ketones (excluding diaryl/α,β-unsaturated/α-hetero) is 1. The Morgan fingerprint density at radius 1 is 0.654 bits per heavy atom. The minimum atomic E-state index is 0.398. The largest absolute Gasteiger partial charge is 0.497 e. The predicted octanol–water partition coefficient (Wildman–Crippen LogP) is 5.40. The molecule has 3 nitrogen and oxygen atoms in total. The van der Waals surface area contributed by atoms with E-state index in [-0.39, 0.29) is 0 Å². The molecule has 140 valence electrons. The van der Waals surface area contributed by atoms with Crippen LogP contribution in [0.3, 0.4) is 0 Å². The molecule has 2 rings (SSSR count). The summed E-state index contributed by atoms with van der Waals surface area (Å²) >= 11 is 0. The number of ether oxygens (including phenoxy) is 2. The summed E-state index contributed by atoms with van der Waals surface area (Å²) in [5.41, 5.74) is 2.61. The van der Waals surface area contributed by atoms with Gasteiger partial charge in [0.2, 0.25) is 0 Å². The molecule has 0 bridgehead atoms. The first-order chi connectivity index (χ1) is 12.7. The zero-order valence-electron chi connectivity index (χ0n) is 16.0. The summed E-state index contributed by atoms with van der Waals surface area (Å²) in [6, 6.07) is 16.3. The van der Waals surface area contributed by atoms with Crippen molar-refractivity contribution in [2.24, 2.45) is 0 Å². The monoisotopic (exact) mass is 354 g/mol. The minimum absolute atomic E-state index is 0.398. The van der Waals surface area contributed by atoms with Crippen LogP contribution in [-0.4, -0.2) is 20.0 Å². The SMILES string of the molecule is COc1ccc(CCCCC(=O)CCCCc2ccc(OC)cc2)cc1. The highest BCUT2D eigenvalue weighted by Crippen LogP contribution is 2.15. The predicted molar refractivity (Wildman–Crippen MR) is 106 cm³/mol. The van der Waals surface area contributed by atoms with Crippen LogP contribution in [0.15, 0.2) is 48.5 Å². The third-order valence-corrected chi connectivity index (χ3v) is 4.66. The first-order valence-corrected chi connectivity index (χ1v) is 9.49. The fourth-order valence-electron chi connectivity index (χ4n) is 3.01. The average Bonchev–Trinajstić information content (AvgIpc) is 2.69. The molecule has 0 radical (unpaired) electrons. The maximum atomic E-state index is 12.0. The van der Waals surface area contributed by atoms with Gasteiger partial charge in [0.05, 0.1) is 14.2 Å². The Bertz CT molecular complexity index is 587. The molecule has 0 aliphatic rings. The molecule has 2 aromatic carbocycles. The van der Waals surface area contributed by atoms with E-state index in [4.69, 9.17) is 9.47 Å². The lowest BCUT2D eigenvalue weighted by Gasteiger charge is -2.05. The van der Waals surface area contributed by atoms with Crippen LogP contribution in [0.4, 0.5) is 0 Å². The first kappa shape index (κ1) is 20.0. The van der Waals surface area contributed by atoms with Gasteiger partial charge in [0, 0.05) is 12.8 Å². The molecule has 0 aromatic heterocycles. The van der Waals surface area contributed by atoms with E-state index in [0.29, 0.717) is 18.6 Å². The van der Waals surface area contributed by atoms with Gasteiger partial charge in [-0.2, -0.15) is 0 Å². The van der Waals surface area contributed by atoms with Crippen LogP contribution >= 0.6 is 0 Å². The molecule has 0 saturated carbocycles. The Kier molecular flexibility index (Phi) is 8.74. The van der Waals surface area contributed by atoms with Crippen LogP contribution in [0.5, 0.6) is 11.5 Å². The van der Waals surface area contributed by atoms with Gasteiger partial charge in [-0.25, -0.2) is 0 Å². The van der Waals surface area contributed by atoms with Gasteiger partial charge in [-0.3, -0.25) is 4.79 Å². The fraction of sp³-hybridized carbons (Fsp3) is 0.435. The number of aryl methyl sites for hydroxylation is 2. The molecule has 0 aliphatic heterocycles. The standard InChI is InChI=1S/C23H30O3/c1-25-22-15-11-19(12-16-22)7-3-5-9-21(24)10-6-4-8-20-13-17-23(26-2)18-14-20/h11-18H,3-10H2,1-2H3. The van der Waals surface area contributed by atoms with E-state index in [1.165, 1.54) is 11.1 Å². The minimum Gasteiger partial charge on any atom is -0.497 e. The summed E-state index contributed by atoms with van der Waals surface area (Å²) in [4.78, 5) is 12.0. The average molecular weight is 354 g/mol. The fourth-order valence-corrected chi connectivity index (χ4v) is 3.01. The smallest absolute Gasteiger partial charge is 0.132 e. The number of carbonyl (C=O) groups is 1. The Hall–Kier alpha value is -2.29. The zero-order chi connectivity index (χ0) is 18.6. The van der Waals surface area contributed by atoms with Crippen molar-refractivity contribution >= 4 is 5.78 Å². The van der Waals surface area contributed by atoms with E-state index in [2.05, 4.69) is 24.3 Å². The number of carbonyl (C=O) groups excluding carboxylic acids is 1. The number of methoxy groups -OCH3 is 2. The Morgan fingerprint density at radius 2 is 1.04 bits per heavy atom. The van der Waals surface area contributed by atoms with E-state index in [0.717, 1.165) is 50.0 Å². The molecule has 0 fully saturated rings. The highest BCUT2D eigenvalue weighted by atomic mass is 16.5. The second kappa shape index (κ2) is 11.3. The zero-order valence-corrected chi connectivity index (χ0v) is 16.0. The first-order valence-electron chi connectivity index (χ1n) is 9.49. The number of unbranched alkanes of at least 4 members (excludes halogenated alkanes) is 2. The Morgan fingerprint density at radius 3 is 1.38 bits per heavy atom. The Balaban J connectivity index is 1.52. The van der Waals surface area contributed by atoms with Gasteiger partial charge in [-0.15, -0.1) is 0 Å². The molecule has 0 aliphatic carbocycles. The van der Waals surface area contributed by atoms with Crippen molar-refractivity contribution in [1.29, 1.82) is 0 Å². The number of rotatable bonds is 12. The summed E-state index contributed by atoms with van der Waals surface area (Å²) in [5.74, 6) is 2.17. The second-order valence-corrected chi connectivity index (χ2v) is 6.65. The van der Waals surface area contributed by atoms with Gasteiger partial charge in [0.1, 0.15) is 17.3 Å². The third kappa shape index (κ3) is 7.30. The maximum Gasteiger partial charge on any atom is 0.132 e. The number of ketones is 1. The number of hydrogen-bond donors (Lipinski definition) is 0. The van der Waals surface area contributed by atoms with Crippen molar-refractivity contribution in [3.8, 4) is 11.5 Å². The highest BCUT2D eigenvalue weighted by Gasteiger charge is 2.03. The van der Waals surface area contributed by atoms with E-state index in [9.17, 15) is 4.79 Å². The van der Waals surface area contributed by atoms with Crippen LogP contribution in [-0.2, 0) is 17.6 Å². The molecule has 0 heterocycles. The molecule has 0 amide bonds. The normalized spacial score (nSPS) is 10.5. The highest BCUT2D eigenvalue weighted by molar-refractivity contribution is 5.78. The maximum absolute atomic E-state index is 12.0. The lowest BCUT2D eigenvalue weighted by molar-refractivity contribution is -0.119. The van der Waals surface area contributed by atoms with Gasteiger partial charge < -0.3 is 9.47 Å². The summed E-state index contributed by atoms with van der Waals surface area (Å²) in [7, 11) is 3.36. The van der Waals surface area contributed by atoms with Crippen LogP contribution in [0, 0.1) is 0 Å². The molecule has 0 saturated heterocycles. The van der Waals surface area contributed by atoms with Gasteiger partial charge >= 0.3 is 0 Å².